The summed E-state index contributed by atoms with van der Waals surface area (Å²) in [5.41, 5.74) is 1.79. The molecule has 0 spiro atoms. The fourth-order valence-electron chi connectivity index (χ4n) is 3.35. The monoisotopic (exact) mass is 426 g/mol. The molecule has 1 N–H and O–H groups in total. The van der Waals surface area contributed by atoms with Crippen LogP contribution in [-0.4, -0.2) is 43.0 Å². The number of methoxy groups -OCH3 is 2. The number of rotatable bonds is 11. The lowest BCUT2D eigenvalue weighted by molar-refractivity contribution is -0.141. The fourth-order valence-corrected chi connectivity index (χ4v) is 3.35. The Morgan fingerprint density at radius 1 is 0.935 bits per heavy atom. The fraction of sp³-hybridized carbons (Fsp3) is 0.440. The lowest BCUT2D eigenvalue weighted by Gasteiger charge is -2.31. The molecule has 6 nitrogen and oxygen atoms in total. The maximum Gasteiger partial charge on any atom is 0.243 e. The Balaban J connectivity index is 2.29. The van der Waals surface area contributed by atoms with E-state index in [-0.39, 0.29) is 24.3 Å². The predicted octanol–water partition coefficient (Wildman–Crippen LogP) is 3.97. The zero-order chi connectivity index (χ0) is 22.8. The molecule has 0 unspecified atom stereocenters. The van der Waals surface area contributed by atoms with Crippen LogP contribution in [0.3, 0.4) is 0 Å². The van der Waals surface area contributed by atoms with Crippen molar-refractivity contribution in [1.29, 1.82) is 0 Å². The largest absolute Gasteiger partial charge is 0.497 e. The number of nitrogens with zero attached hydrogens (tertiary/aromatic N) is 1. The number of hydrogen-bond acceptors (Lipinski definition) is 4. The van der Waals surface area contributed by atoms with E-state index in [1.165, 1.54) is 0 Å². The normalized spacial score (nSPS) is 12.5. The summed E-state index contributed by atoms with van der Waals surface area (Å²) in [6.45, 7) is 6.25. The molecule has 0 aliphatic carbocycles. The number of nitrogens with one attached hydrogen (secondary N) is 1. The minimum atomic E-state index is -0.550. The summed E-state index contributed by atoms with van der Waals surface area (Å²) in [6, 6.07) is 14.5. The molecule has 31 heavy (non-hydrogen) atoms. The Bertz CT molecular complexity index is 851. The molecule has 0 heterocycles. The molecule has 2 atom stereocenters. The highest BCUT2D eigenvalue weighted by molar-refractivity contribution is 5.88. The van der Waals surface area contributed by atoms with Gasteiger partial charge in [-0.15, -0.1) is 0 Å². The third-order valence-electron chi connectivity index (χ3n) is 5.39. The van der Waals surface area contributed by atoms with E-state index in [2.05, 4.69) is 5.32 Å². The first-order chi connectivity index (χ1) is 14.9. The Kier molecular flexibility index (Phi) is 9.38. The van der Waals surface area contributed by atoms with Crippen LogP contribution >= 0.6 is 0 Å². The maximum absolute atomic E-state index is 13.4. The summed E-state index contributed by atoms with van der Waals surface area (Å²) in [4.78, 5) is 28.0. The summed E-state index contributed by atoms with van der Waals surface area (Å²) < 4.78 is 10.5. The number of hydrogen-bond donors (Lipinski definition) is 1. The average Bonchev–Trinajstić information content (AvgIpc) is 2.79. The Morgan fingerprint density at radius 3 is 2.19 bits per heavy atom. The standard InChI is InChI=1S/C25H34N2O4/c1-6-18(3)26-25(29)23(7-2)27(17-20-9-8-10-22(15-20)31-5)24(28)16-19-11-13-21(30-4)14-12-19/h8-15,18,23H,6-7,16-17H2,1-5H3,(H,26,29)/t18-,23+/m0/s1. The molecule has 0 radical (unpaired) electrons. The molecule has 0 aliphatic rings. The first-order valence-electron chi connectivity index (χ1n) is 10.8. The lowest BCUT2D eigenvalue weighted by Crippen LogP contribution is -2.51. The molecule has 0 aliphatic heterocycles. The van der Waals surface area contributed by atoms with Crippen molar-refractivity contribution in [3.05, 3.63) is 59.7 Å². The third kappa shape index (κ3) is 7.02. The van der Waals surface area contributed by atoms with E-state index in [9.17, 15) is 9.59 Å². The summed E-state index contributed by atoms with van der Waals surface area (Å²) in [5, 5.41) is 3.03. The van der Waals surface area contributed by atoms with Gasteiger partial charge in [0.15, 0.2) is 0 Å². The van der Waals surface area contributed by atoms with Crippen LogP contribution < -0.4 is 14.8 Å². The van der Waals surface area contributed by atoms with Crippen molar-refractivity contribution in [2.45, 2.75) is 58.7 Å². The molecule has 2 aromatic rings. The summed E-state index contributed by atoms with van der Waals surface area (Å²) in [6.07, 6.45) is 1.57. The molecule has 0 aromatic heterocycles. The molecule has 0 saturated carbocycles. The van der Waals surface area contributed by atoms with E-state index in [0.29, 0.717) is 13.0 Å². The first-order valence-corrected chi connectivity index (χ1v) is 10.8. The van der Waals surface area contributed by atoms with Gasteiger partial charge in [0.25, 0.3) is 0 Å². The quantitative estimate of drug-likeness (QED) is 0.590. The molecule has 2 amide bonds. The molecule has 0 saturated heterocycles. The van der Waals surface area contributed by atoms with Gasteiger partial charge < -0.3 is 19.7 Å². The SMILES string of the molecule is CC[C@H](C(=O)N[C@@H](C)CC)N(Cc1cccc(OC)c1)C(=O)Cc1ccc(OC)cc1. The number of carbonyl (C=O) groups is 2. The van der Waals surface area contributed by atoms with Gasteiger partial charge in [0.05, 0.1) is 20.6 Å². The second kappa shape index (κ2) is 12.0. The van der Waals surface area contributed by atoms with Crippen LogP contribution in [0.25, 0.3) is 0 Å². The van der Waals surface area contributed by atoms with Gasteiger partial charge in [-0.1, -0.05) is 38.1 Å². The van der Waals surface area contributed by atoms with Crippen LogP contribution in [0.4, 0.5) is 0 Å². The van der Waals surface area contributed by atoms with Crippen molar-refractivity contribution in [2.75, 3.05) is 14.2 Å². The number of ether oxygens (including phenoxy) is 2. The molecule has 2 aromatic carbocycles. The van der Waals surface area contributed by atoms with Gasteiger partial charge >= 0.3 is 0 Å². The summed E-state index contributed by atoms with van der Waals surface area (Å²) in [5.74, 6) is 1.24. The van der Waals surface area contributed by atoms with Gasteiger partial charge in [0.2, 0.25) is 11.8 Å². The van der Waals surface area contributed by atoms with Crippen molar-refractivity contribution in [3.8, 4) is 11.5 Å². The third-order valence-corrected chi connectivity index (χ3v) is 5.39. The minimum Gasteiger partial charge on any atom is -0.497 e. The highest BCUT2D eigenvalue weighted by atomic mass is 16.5. The number of carbonyl (C=O) groups excluding carboxylic acids is 2. The van der Waals surface area contributed by atoms with Crippen LogP contribution in [0.1, 0.15) is 44.7 Å². The Hall–Kier alpha value is -3.02. The summed E-state index contributed by atoms with van der Waals surface area (Å²) >= 11 is 0. The second-order valence-corrected chi connectivity index (χ2v) is 7.64. The molecular formula is C25H34N2O4. The van der Waals surface area contributed by atoms with E-state index in [0.717, 1.165) is 29.0 Å². The topological polar surface area (TPSA) is 67.9 Å². The molecule has 0 bridgehead atoms. The van der Waals surface area contributed by atoms with Crippen molar-refractivity contribution in [1.82, 2.24) is 10.2 Å². The predicted molar refractivity (Wildman–Crippen MR) is 122 cm³/mol. The number of benzene rings is 2. The van der Waals surface area contributed by atoms with Gasteiger partial charge in [-0.05, 0) is 55.2 Å². The van der Waals surface area contributed by atoms with Crippen LogP contribution in [0.2, 0.25) is 0 Å². The minimum absolute atomic E-state index is 0.0527. The van der Waals surface area contributed by atoms with E-state index in [1.54, 1.807) is 19.1 Å². The van der Waals surface area contributed by atoms with Crippen molar-refractivity contribution < 1.29 is 19.1 Å². The smallest absolute Gasteiger partial charge is 0.243 e. The van der Waals surface area contributed by atoms with Crippen LogP contribution in [0.15, 0.2) is 48.5 Å². The van der Waals surface area contributed by atoms with E-state index >= 15 is 0 Å². The van der Waals surface area contributed by atoms with Crippen molar-refractivity contribution in [3.63, 3.8) is 0 Å². The lowest BCUT2D eigenvalue weighted by atomic mass is 10.1. The zero-order valence-electron chi connectivity index (χ0n) is 19.2. The van der Waals surface area contributed by atoms with Gasteiger partial charge in [-0.25, -0.2) is 0 Å². The van der Waals surface area contributed by atoms with Crippen molar-refractivity contribution in [2.24, 2.45) is 0 Å². The van der Waals surface area contributed by atoms with Gasteiger partial charge in [0, 0.05) is 12.6 Å². The number of amides is 2. The molecule has 0 fully saturated rings. The molecule has 2 rings (SSSR count). The zero-order valence-corrected chi connectivity index (χ0v) is 19.2. The van der Waals surface area contributed by atoms with E-state index < -0.39 is 6.04 Å². The Labute approximate surface area is 185 Å². The van der Waals surface area contributed by atoms with Crippen LogP contribution in [0.5, 0.6) is 11.5 Å². The Morgan fingerprint density at radius 2 is 1.61 bits per heavy atom. The van der Waals surface area contributed by atoms with Gasteiger partial charge in [-0.2, -0.15) is 0 Å². The first kappa shape index (κ1) is 24.3. The molecule has 168 valence electrons. The van der Waals surface area contributed by atoms with Gasteiger partial charge in [-0.3, -0.25) is 9.59 Å². The highest BCUT2D eigenvalue weighted by Crippen LogP contribution is 2.19. The van der Waals surface area contributed by atoms with Gasteiger partial charge in [0.1, 0.15) is 17.5 Å². The van der Waals surface area contributed by atoms with Crippen molar-refractivity contribution >= 4 is 11.8 Å². The molecule has 6 heteroatoms. The molecular weight excluding hydrogens is 392 g/mol. The highest BCUT2D eigenvalue weighted by Gasteiger charge is 2.29. The van der Waals surface area contributed by atoms with Crippen LogP contribution in [0, 0.1) is 0 Å². The summed E-state index contributed by atoms with van der Waals surface area (Å²) in [7, 11) is 3.22. The maximum atomic E-state index is 13.4. The second-order valence-electron chi connectivity index (χ2n) is 7.64. The van der Waals surface area contributed by atoms with E-state index in [1.807, 2.05) is 69.3 Å². The van der Waals surface area contributed by atoms with E-state index in [4.69, 9.17) is 9.47 Å². The average molecular weight is 427 g/mol. The van der Waals surface area contributed by atoms with Crippen LogP contribution in [-0.2, 0) is 22.6 Å².